The van der Waals surface area contributed by atoms with Crippen molar-refractivity contribution in [1.82, 2.24) is 9.80 Å². The molecule has 31 heavy (non-hydrogen) atoms. The summed E-state index contributed by atoms with van der Waals surface area (Å²) >= 11 is 6.02. The van der Waals surface area contributed by atoms with E-state index >= 15 is 0 Å². The number of aliphatic hydroxyl groups excluding tert-OH is 1. The average Bonchev–Trinajstić information content (AvgIpc) is 2.82. The van der Waals surface area contributed by atoms with Crippen LogP contribution in [0.25, 0.3) is 0 Å². The molecule has 4 rings (SSSR count). The number of rotatable bonds is 6. The lowest BCUT2D eigenvalue weighted by Gasteiger charge is -2.44. The van der Waals surface area contributed by atoms with E-state index in [4.69, 9.17) is 11.6 Å². The van der Waals surface area contributed by atoms with E-state index in [0.29, 0.717) is 0 Å². The number of carbonyl (C=O) groups excluding carboxylic acids is 1. The van der Waals surface area contributed by atoms with E-state index in [2.05, 4.69) is 29.2 Å². The molecule has 2 aliphatic rings. The Morgan fingerprint density at radius 2 is 1.68 bits per heavy atom. The predicted molar refractivity (Wildman–Crippen MR) is 125 cm³/mol. The van der Waals surface area contributed by atoms with Crippen molar-refractivity contribution < 1.29 is 9.90 Å². The lowest BCUT2D eigenvalue weighted by atomic mass is 9.74. The van der Waals surface area contributed by atoms with Crippen molar-refractivity contribution in [2.24, 2.45) is 5.41 Å². The van der Waals surface area contributed by atoms with Gasteiger partial charge in [0.05, 0.1) is 6.04 Å². The summed E-state index contributed by atoms with van der Waals surface area (Å²) in [5, 5.41) is 10.9. The first-order valence-corrected chi connectivity index (χ1v) is 11.9. The van der Waals surface area contributed by atoms with Gasteiger partial charge in [-0.25, -0.2) is 0 Å². The normalized spacial score (nSPS) is 21.7. The Balaban J connectivity index is 1.38. The highest BCUT2D eigenvalue weighted by atomic mass is 35.5. The lowest BCUT2D eigenvalue weighted by molar-refractivity contribution is -0.141. The molecule has 1 amide bonds. The van der Waals surface area contributed by atoms with Gasteiger partial charge in [0.1, 0.15) is 0 Å². The summed E-state index contributed by atoms with van der Waals surface area (Å²) in [7, 11) is 0. The van der Waals surface area contributed by atoms with E-state index in [1.54, 1.807) is 0 Å². The minimum Gasteiger partial charge on any atom is -0.396 e. The van der Waals surface area contributed by atoms with Gasteiger partial charge in [-0.2, -0.15) is 0 Å². The van der Waals surface area contributed by atoms with E-state index < -0.39 is 0 Å². The van der Waals surface area contributed by atoms with Crippen LogP contribution < -0.4 is 0 Å². The van der Waals surface area contributed by atoms with E-state index in [9.17, 15) is 9.90 Å². The van der Waals surface area contributed by atoms with E-state index in [0.717, 1.165) is 69.7 Å². The second kappa shape index (κ2) is 10.2. The van der Waals surface area contributed by atoms with Crippen LogP contribution in [0.4, 0.5) is 0 Å². The van der Waals surface area contributed by atoms with Crippen LogP contribution >= 0.6 is 11.6 Å². The molecule has 0 bridgehead atoms. The fourth-order valence-electron chi connectivity index (χ4n) is 5.12. The molecule has 0 aromatic heterocycles. The third-order valence-corrected chi connectivity index (χ3v) is 7.34. The maximum Gasteiger partial charge on any atom is 0.239 e. The van der Waals surface area contributed by atoms with Crippen LogP contribution in [0.3, 0.4) is 0 Å². The SMILES string of the molecule is O=C([C@H]1CCCCN1Cc1ccccc1)N1CCC(CO)(Cc2ccc(Cl)cc2)CC1. The van der Waals surface area contributed by atoms with Crippen LogP contribution in [-0.4, -0.2) is 53.1 Å². The molecule has 166 valence electrons. The maximum atomic E-state index is 13.5. The number of nitrogens with zero attached hydrogens (tertiary/aromatic N) is 2. The molecule has 2 heterocycles. The minimum atomic E-state index is -0.152. The van der Waals surface area contributed by atoms with E-state index in [1.807, 2.05) is 35.2 Å². The zero-order chi connectivity index (χ0) is 21.7. The highest BCUT2D eigenvalue weighted by molar-refractivity contribution is 6.30. The zero-order valence-electron chi connectivity index (χ0n) is 18.2. The zero-order valence-corrected chi connectivity index (χ0v) is 18.9. The highest BCUT2D eigenvalue weighted by Gasteiger charge is 2.38. The first kappa shape index (κ1) is 22.3. The molecule has 5 heteroatoms. The summed E-state index contributed by atoms with van der Waals surface area (Å²) in [6, 6.07) is 18.3. The molecule has 2 aromatic rings. The largest absolute Gasteiger partial charge is 0.396 e. The van der Waals surface area contributed by atoms with E-state index in [-0.39, 0.29) is 24.0 Å². The van der Waals surface area contributed by atoms with Gasteiger partial charge in [0.15, 0.2) is 0 Å². The number of likely N-dealkylation sites (tertiary alicyclic amines) is 2. The molecule has 2 aromatic carbocycles. The smallest absolute Gasteiger partial charge is 0.239 e. The van der Waals surface area contributed by atoms with Gasteiger partial charge < -0.3 is 10.0 Å². The van der Waals surface area contributed by atoms with Gasteiger partial charge in [-0.15, -0.1) is 0 Å². The number of aliphatic hydroxyl groups is 1. The second-order valence-electron chi connectivity index (χ2n) is 9.25. The summed E-state index contributed by atoms with van der Waals surface area (Å²) in [6.07, 6.45) is 5.72. The summed E-state index contributed by atoms with van der Waals surface area (Å²) in [6.45, 7) is 3.42. The fraction of sp³-hybridized carbons (Fsp3) is 0.500. The van der Waals surface area contributed by atoms with Crippen molar-refractivity contribution in [1.29, 1.82) is 0 Å². The van der Waals surface area contributed by atoms with Crippen molar-refractivity contribution >= 4 is 17.5 Å². The molecule has 1 N–H and O–H groups in total. The van der Waals surface area contributed by atoms with Crippen LogP contribution in [0.2, 0.25) is 5.02 Å². The second-order valence-corrected chi connectivity index (χ2v) is 9.69. The molecular formula is C26H33ClN2O2. The summed E-state index contributed by atoms with van der Waals surface area (Å²) in [4.78, 5) is 17.9. The quantitative estimate of drug-likeness (QED) is 0.717. The monoisotopic (exact) mass is 440 g/mol. The number of hydrogen-bond donors (Lipinski definition) is 1. The molecule has 0 saturated carbocycles. The number of carbonyl (C=O) groups is 1. The van der Waals surface area contributed by atoms with Gasteiger partial charge in [0.2, 0.25) is 5.91 Å². The maximum absolute atomic E-state index is 13.5. The van der Waals surface area contributed by atoms with Crippen LogP contribution in [0.5, 0.6) is 0 Å². The summed E-state index contributed by atoms with van der Waals surface area (Å²) < 4.78 is 0. The Morgan fingerprint density at radius 1 is 0.968 bits per heavy atom. The van der Waals surface area contributed by atoms with Gasteiger partial charge in [-0.3, -0.25) is 9.69 Å². The first-order valence-electron chi connectivity index (χ1n) is 11.5. The summed E-state index contributed by atoms with van der Waals surface area (Å²) in [5.74, 6) is 0.272. The third kappa shape index (κ3) is 5.49. The lowest BCUT2D eigenvalue weighted by Crippen LogP contribution is -2.54. The Morgan fingerprint density at radius 3 is 2.35 bits per heavy atom. The standard InChI is InChI=1S/C26H33ClN2O2/c27-23-11-9-21(10-12-23)18-26(20-30)13-16-28(17-14-26)25(31)24-8-4-5-15-29(24)19-22-6-2-1-3-7-22/h1-3,6-7,9-12,24,30H,4-5,8,13-20H2/t24-/m1/s1. The molecule has 0 spiro atoms. The number of piperidine rings is 2. The molecule has 4 nitrogen and oxygen atoms in total. The van der Waals surface area contributed by atoms with Crippen LogP contribution in [-0.2, 0) is 17.8 Å². The van der Waals surface area contributed by atoms with Crippen LogP contribution in [0.15, 0.2) is 54.6 Å². The number of benzene rings is 2. The molecule has 1 atom stereocenters. The number of hydrogen-bond acceptors (Lipinski definition) is 3. The molecular weight excluding hydrogens is 408 g/mol. The van der Waals surface area contributed by atoms with Crippen molar-refractivity contribution in [2.75, 3.05) is 26.2 Å². The van der Waals surface area contributed by atoms with Gasteiger partial charge in [-0.05, 0) is 61.9 Å². The number of halogens is 1. The Kier molecular flexibility index (Phi) is 7.31. The van der Waals surface area contributed by atoms with Crippen molar-refractivity contribution in [3.8, 4) is 0 Å². The van der Waals surface area contributed by atoms with Crippen molar-refractivity contribution in [3.63, 3.8) is 0 Å². The topological polar surface area (TPSA) is 43.8 Å². The Labute approximate surface area is 190 Å². The predicted octanol–water partition coefficient (Wildman–Crippen LogP) is 4.54. The molecule has 2 aliphatic heterocycles. The van der Waals surface area contributed by atoms with Crippen LogP contribution in [0, 0.1) is 5.41 Å². The Bertz CT molecular complexity index is 847. The van der Waals surface area contributed by atoms with Gasteiger partial charge in [0.25, 0.3) is 0 Å². The van der Waals surface area contributed by atoms with Crippen LogP contribution in [0.1, 0.15) is 43.2 Å². The summed E-state index contributed by atoms with van der Waals surface area (Å²) in [5.41, 5.74) is 2.31. The minimum absolute atomic E-state index is 0.0214. The first-order chi connectivity index (χ1) is 15.1. The van der Waals surface area contributed by atoms with E-state index in [1.165, 1.54) is 11.1 Å². The molecule has 2 fully saturated rings. The Hall–Kier alpha value is -1.88. The fourth-order valence-corrected chi connectivity index (χ4v) is 5.24. The van der Waals surface area contributed by atoms with Crippen molar-refractivity contribution in [3.05, 3.63) is 70.7 Å². The highest BCUT2D eigenvalue weighted by Crippen LogP contribution is 2.36. The average molecular weight is 441 g/mol. The molecule has 2 saturated heterocycles. The van der Waals surface area contributed by atoms with Gasteiger partial charge >= 0.3 is 0 Å². The number of amides is 1. The van der Waals surface area contributed by atoms with Gasteiger partial charge in [0, 0.05) is 36.7 Å². The van der Waals surface area contributed by atoms with Crippen molar-refractivity contribution in [2.45, 2.75) is 51.1 Å². The molecule has 0 unspecified atom stereocenters. The van der Waals surface area contributed by atoms with Gasteiger partial charge in [-0.1, -0.05) is 60.5 Å². The molecule has 0 aliphatic carbocycles. The third-order valence-electron chi connectivity index (χ3n) is 7.09. The molecule has 0 radical (unpaired) electrons.